The van der Waals surface area contributed by atoms with Gasteiger partial charge in [0.2, 0.25) is 0 Å². The molecule has 0 aromatic rings. The predicted molar refractivity (Wildman–Crippen MR) is 40.1 cm³/mol. The summed E-state index contributed by atoms with van der Waals surface area (Å²) in [7, 11) is 0. The highest BCUT2D eigenvalue weighted by molar-refractivity contribution is 4.99. The monoisotopic (exact) mass is 123 g/mol. The average molecular weight is 123 g/mol. The van der Waals surface area contributed by atoms with Crippen LogP contribution in [0.5, 0.6) is 0 Å². The van der Waals surface area contributed by atoms with Crippen LogP contribution in [0.2, 0.25) is 0 Å². The molecule has 1 nitrogen and oxygen atoms in total. The highest BCUT2D eigenvalue weighted by atomic mass is 14.9. The summed E-state index contributed by atoms with van der Waals surface area (Å²) in [4.78, 5) is 0. The van der Waals surface area contributed by atoms with Crippen LogP contribution in [0.15, 0.2) is 24.9 Å². The minimum absolute atomic E-state index is 0.662. The van der Waals surface area contributed by atoms with Gasteiger partial charge in [-0.3, -0.25) is 0 Å². The van der Waals surface area contributed by atoms with Crippen LogP contribution in [-0.2, 0) is 0 Å². The van der Waals surface area contributed by atoms with Crippen molar-refractivity contribution in [2.45, 2.75) is 12.8 Å². The summed E-state index contributed by atoms with van der Waals surface area (Å²) in [6.07, 6.45) is 4.34. The fourth-order valence-electron chi connectivity index (χ4n) is 1.03. The fourth-order valence-corrected chi connectivity index (χ4v) is 1.03. The molecular formula is C8H13N. The van der Waals surface area contributed by atoms with Gasteiger partial charge in [-0.15, -0.1) is 6.58 Å². The Morgan fingerprint density at radius 2 is 2.44 bits per heavy atom. The maximum Gasteiger partial charge on any atom is 0.0206 e. The lowest BCUT2D eigenvalue weighted by atomic mass is 9.98. The molecule has 1 unspecified atom stereocenters. The van der Waals surface area contributed by atoms with Gasteiger partial charge in [0.15, 0.2) is 0 Å². The van der Waals surface area contributed by atoms with Crippen LogP contribution in [0.25, 0.3) is 0 Å². The third-order valence-corrected chi connectivity index (χ3v) is 1.76. The van der Waals surface area contributed by atoms with Crippen molar-refractivity contribution in [3.8, 4) is 0 Å². The van der Waals surface area contributed by atoms with E-state index in [0.29, 0.717) is 5.92 Å². The number of nitrogens with one attached hydrogen (secondary N) is 1. The Morgan fingerprint density at radius 3 is 2.89 bits per heavy atom. The Hall–Kier alpha value is -0.720. The molecule has 0 saturated carbocycles. The fraction of sp³-hybridized carbons (Fsp3) is 0.500. The van der Waals surface area contributed by atoms with E-state index in [0.717, 1.165) is 13.0 Å². The molecule has 0 aromatic heterocycles. The van der Waals surface area contributed by atoms with Gasteiger partial charge in [0.1, 0.15) is 0 Å². The van der Waals surface area contributed by atoms with Crippen molar-refractivity contribution in [1.82, 2.24) is 5.32 Å². The Balaban J connectivity index is 2.34. The van der Waals surface area contributed by atoms with Gasteiger partial charge in [0, 0.05) is 12.2 Å². The van der Waals surface area contributed by atoms with E-state index in [1.807, 2.05) is 6.08 Å². The van der Waals surface area contributed by atoms with Gasteiger partial charge in [-0.1, -0.05) is 12.7 Å². The van der Waals surface area contributed by atoms with Crippen LogP contribution in [0.3, 0.4) is 0 Å². The summed E-state index contributed by atoms with van der Waals surface area (Å²) in [5.41, 5.74) is 1.17. The van der Waals surface area contributed by atoms with E-state index in [2.05, 4.69) is 18.5 Å². The molecule has 0 bridgehead atoms. The summed E-state index contributed by atoms with van der Waals surface area (Å²) in [5, 5.41) is 3.22. The smallest absolute Gasteiger partial charge is 0.0206 e. The standard InChI is InChI=1S/C8H13N/c1-3-8-5-4-7(2)9-6-8/h3,8-9H,1-2,4-6H2. The second-order valence-electron chi connectivity index (χ2n) is 2.52. The molecule has 1 atom stereocenters. The first-order valence-corrected chi connectivity index (χ1v) is 3.37. The minimum atomic E-state index is 0.662. The zero-order valence-electron chi connectivity index (χ0n) is 5.69. The van der Waals surface area contributed by atoms with Crippen molar-refractivity contribution >= 4 is 0 Å². The topological polar surface area (TPSA) is 12.0 Å². The van der Waals surface area contributed by atoms with E-state index in [4.69, 9.17) is 0 Å². The first-order valence-electron chi connectivity index (χ1n) is 3.37. The van der Waals surface area contributed by atoms with Crippen LogP contribution >= 0.6 is 0 Å². The van der Waals surface area contributed by atoms with Crippen molar-refractivity contribution in [1.29, 1.82) is 0 Å². The zero-order chi connectivity index (χ0) is 6.69. The second-order valence-corrected chi connectivity index (χ2v) is 2.52. The van der Waals surface area contributed by atoms with E-state index in [-0.39, 0.29) is 0 Å². The van der Waals surface area contributed by atoms with Gasteiger partial charge >= 0.3 is 0 Å². The summed E-state index contributed by atoms with van der Waals surface area (Å²) < 4.78 is 0. The van der Waals surface area contributed by atoms with Gasteiger partial charge in [-0.2, -0.15) is 0 Å². The molecule has 0 aliphatic carbocycles. The van der Waals surface area contributed by atoms with Crippen LogP contribution < -0.4 is 5.32 Å². The molecule has 1 aliphatic rings. The third-order valence-electron chi connectivity index (χ3n) is 1.76. The lowest BCUT2D eigenvalue weighted by Crippen LogP contribution is -2.26. The first kappa shape index (κ1) is 6.40. The minimum Gasteiger partial charge on any atom is -0.388 e. The first-order chi connectivity index (χ1) is 4.33. The van der Waals surface area contributed by atoms with Crippen LogP contribution in [0.1, 0.15) is 12.8 Å². The van der Waals surface area contributed by atoms with Gasteiger partial charge < -0.3 is 5.32 Å². The van der Waals surface area contributed by atoms with Crippen LogP contribution in [0.4, 0.5) is 0 Å². The molecular weight excluding hydrogens is 110 g/mol. The van der Waals surface area contributed by atoms with Crippen molar-refractivity contribution in [3.63, 3.8) is 0 Å². The number of allylic oxidation sites excluding steroid dienone is 1. The normalized spacial score (nSPS) is 27.1. The van der Waals surface area contributed by atoms with Crippen LogP contribution in [0, 0.1) is 5.92 Å². The molecule has 1 aliphatic heterocycles. The Morgan fingerprint density at radius 1 is 1.67 bits per heavy atom. The lowest BCUT2D eigenvalue weighted by molar-refractivity contribution is 0.491. The summed E-state index contributed by atoms with van der Waals surface area (Å²) in [6, 6.07) is 0. The third kappa shape index (κ3) is 1.60. The number of hydrogen-bond acceptors (Lipinski definition) is 1. The molecule has 0 radical (unpaired) electrons. The number of rotatable bonds is 1. The largest absolute Gasteiger partial charge is 0.388 e. The highest BCUT2D eigenvalue weighted by Crippen LogP contribution is 2.15. The van der Waals surface area contributed by atoms with Crippen LogP contribution in [-0.4, -0.2) is 6.54 Å². The van der Waals surface area contributed by atoms with Gasteiger partial charge in [0.25, 0.3) is 0 Å². The second kappa shape index (κ2) is 2.72. The molecule has 1 heterocycles. The maximum absolute atomic E-state index is 3.84. The van der Waals surface area contributed by atoms with Crippen molar-refractivity contribution in [2.24, 2.45) is 5.92 Å². The maximum atomic E-state index is 3.84. The summed E-state index contributed by atoms with van der Waals surface area (Å²) in [6.45, 7) is 8.61. The van der Waals surface area contributed by atoms with Gasteiger partial charge in [0.05, 0.1) is 0 Å². The molecule has 0 spiro atoms. The number of hydrogen-bond donors (Lipinski definition) is 1. The van der Waals surface area contributed by atoms with Crippen molar-refractivity contribution in [3.05, 3.63) is 24.9 Å². The lowest BCUT2D eigenvalue weighted by Gasteiger charge is -2.21. The SMILES string of the molecule is C=CC1CCC(=C)NC1. The van der Waals surface area contributed by atoms with E-state index in [1.54, 1.807) is 0 Å². The van der Waals surface area contributed by atoms with E-state index >= 15 is 0 Å². The van der Waals surface area contributed by atoms with E-state index in [1.165, 1.54) is 12.1 Å². The summed E-state index contributed by atoms with van der Waals surface area (Å²) in [5.74, 6) is 0.662. The molecule has 1 rings (SSSR count). The summed E-state index contributed by atoms with van der Waals surface area (Å²) >= 11 is 0. The molecule has 0 aromatic carbocycles. The molecule has 1 fully saturated rings. The molecule has 1 heteroatoms. The highest BCUT2D eigenvalue weighted by Gasteiger charge is 2.09. The molecule has 0 amide bonds. The molecule has 9 heavy (non-hydrogen) atoms. The zero-order valence-corrected chi connectivity index (χ0v) is 5.69. The van der Waals surface area contributed by atoms with E-state index in [9.17, 15) is 0 Å². The van der Waals surface area contributed by atoms with Crippen molar-refractivity contribution in [2.75, 3.05) is 6.54 Å². The number of piperidine rings is 1. The van der Waals surface area contributed by atoms with E-state index < -0.39 is 0 Å². The predicted octanol–water partition coefficient (Wildman–Crippen LogP) is 1.69. The average Bonchev–Trinajstić information content (AvgIpc) is 1.90. The molecule has 1 saturated heterocycles. The molecule has 1 N–H and O–H groups in total. The Kier molecular flexibility index (Phi) is 1.93. The Labute approximate surface area is 56.5 Å². The van der Waals surface area contributed by atoms with Crippen molar-refractivity contribution < 1.29 is 0 Å². The van der Waals surface area contributed by atoms with Gasteiger partial charge in [-0.25, -0.2) is 0 Å². The van der Waals surface area contributed by atoms with Gasteiger partial charge in [-0.05, 0) is 18.8 Å². The molecule has 50 valence electrons. The quantitative estimate of drug-likeness (QED) is 0.523. The Bertz CT molecular complexity index is 117.